The molecule has 1 N–H and O–H groups in total. The molecule has 0 radical (unpaired) electrons. The van der Waals surface area contributed by atoms with Gasteiger partial charge in [0.1, 0.15) is 12.4 Å². The summed E-state index contributed by atoms with van der Waals surface area (Å²) in [4.78, 5) is 17.6. The average molecular weight is 369 g/mol. The number of amides is 1. The molecule has 3 aromatic carbocycles. The molecule has 1 unspecified atom stereocenters. The van der Waals surface area contributed by atoms with Gasteiger partial charge in [-0.3, -0.25) is 4.79 Å². The minimum Gasteiger partial charge on any atom is -0.348 e. The van der Waals surface area contributed by atoms with Crippen molar-refractivity contribution in [3.63, 3.8) is 0 Å². The number of hydrogen-bond donors (Lipinski definition) is 1. The fourth-order valence-electron chi connectivity index (χ4n) is 3.50. The Hall–Kier alpha value is -3.40. The fraction of sp³-hybridized carbons (Fsp3) is 0.167. The fourth-order valence-corrected chi connectivity index (χ4v) is 3.50. The average Bonchev–Trinajstić information content (AvgIpc) is 3.07. The number of para-hydroxylation sites is 2. The number of nitrogens with zero attached hydrogens (tertiary/aromatic N) is 2. The molecule has 0 fully saturated rings. The standard InChI is InChI=1S/C24H23N3O/c1-17-9-8-12-20(15-17)24-26-21-13-6-7-14-22(21)27(24)16-23(28)25-18(2)19-10-4-3-5-11-19/h3-15,18H,16H2,1-2H3,(H,25,28). The van der Waals surface area contributed by atoms with Crippen LogP contribution in [-0.2, 0) is 11.3 Å². The molecule has 0 bridgehead atoms. The maximum Gasteiger partial charge on any atom is 0.240 e. The van der Waals surface area contributed by atoms with Crippen LogP contribution >= 0.6 is 0 Å². The summed E-state index contributed by atoms with van der Waals surface area (Å²) < 4.78 is 2.00. The Morgan fingerprint density at radius 2 is 1.75 bits per heavy atom. The molecule has 1 amide bonds. The summed E-state index contributed by atoms with van der Waals surface area (Å²) in [6, 6.07) is 26.1. The van der Waals surface area contributed by atoms with Crippen LogP contribution in [0.15, 0.2) is 78.9 Å². The van der Waals surface area contributed by atoms with Crippen molar-refractivity contribution in [2.45, 2.75) is 26.4 Å². The molecule has 0 aliphatic heterocycles. The van der Waals surface area contributed by atoms with Crippen molar-refractivity contribution in [3.8, 4) is 11.4 Å². The first kappa shape index (κ1) is 18.0. The second-order valence-corrected chi connectivity index (χ2v) is 7.08. The van der Waals surface area contributed by atoms with Gasteiger partial charge >= 0.3 is 0 Å². The summed E-state index contributed by atoms with van der Waals surface area (Å²) in [6.07, 6.45) is 0. The van der Waals surface area contributed by atoms with E-state index in [1.165, 1.54) is 5.56 Å². The van der Waals surface area contributed by atoms with Crippen molar-refractivity contribution in [3.05, 3.63) is 90.0 Å². The van der Waals surface area contributed by atoms with E-state index in [2.05, 4.69) is 24.4 Å². The molecule has 4 rings (SSSR count). The Morgan fingerprint density at radius 1 is 1.00 bits per heavy atom. The van der Waals surface area contributed by atoms with Gasteiger partial charge < -0.3 is 9.88 Å². The molecule has 28 heavy (non-hydrogen) atoms. The third-order valence-electron chi connectivity index (χ3n) is 4.91. The Bertz CT molecular complexity index is 1120. The number of aryl methyl sites for hydroxylation is 1. The van der Waals surface area contributed by atoms with E-state index >= 15 is 0 Å². The zero-order valence-electron chi connectivity index (χ0n) is 16.1. The van der Waals surface area contributed by atoms with Gasteiger partial charge in [-0.25, -0.2) is 4.98 Å². The van der Waals surface area contributed by atoms with Crippen LogP contribution in [0.25, 0.3) is 22.4 Å². The van der Waals surface area contributed by atoms with Gasteiger partial charge in [0.05, 0.1) is 17.1 Å². The van der Waals surface area contributed by atoms with Gasteiger partial charge in [-0.05, 0) is 37.6 Å². The number of imidazole rings is 1. The Labute approximate surface area is 164 Å². The number of nitrogens with one attached hydrogen (secondary N) is 1. The molecule has 1 heterocycles. The minimum atomic E-state index is -0.0501. The zero-order chi connectivity index (χ0) is 19.5. The minimum absolute atomic E-state index is 0.0339. The molecule has 0 spiro atoms. The maximum absolute atomic E-state index is 12.8. The van der Waals surface area contributed by atoms with E-state index < -0.39 is 0 Å². The molecule has 4 aromatic rings. The monoisotopic (exact) mass is 369 g/mol. The Morgan fingerprint density at radius 3 is 2.54 bits per heavy atom. The van der Waals surface area contributed by atoms with Crippen LogP contribution in [0.3, 0.4) is 0 Å². The van der Waals surface area contributed by atoms with Gasteiger partial charge in [0.2, 0.25) is 5.91 Å². The largest absolute Gasteiger partial charge is 0.348 e. The van der Waals surface area contributed by atoms with E-state index in [1.54, 1.807) is 0 Å². The lowest BCUT2D eigenvalue weighted by Gasteiger charge is -2.16. The summed E-state index contributed by atoms with van der Waals surface area (Å²) in [7, 11) is 0. The lowest BCUT2D eigenvalue weighted by atomic mass is 10.1. The summed E-state index contributed by atoms with van der Waals surface area (Å²) in [5, 5.41) is 3.10. The molecule has 0 aliphatic carbocycles. The van der Waals surface area contributed by atoms with Crippen molar-refractivity contribution in [1.29, 1.82) is 0 Å². The van der Waals surface area contributed by atoms with Crippen LogP contribution in [-0.4, -0.2) is 15.5 Å². The summed E-state index contributed by atoms with van der Waals surface area (Å²) in [6.45, 7) is 4.28. The molecule has 0 saturated heterocycles. The van der Waals surface area contributed by atoms with E-state index in [9.17, 15) is 4.79 Å². The van der Waals surface area contributed by atoms with Crippen molar-refractivity contribution in [1.82, 2.24) is 14.9 Å². The first-order valence-corrected chi connectivity index (χ1v) is 9.48. The number of hydrogen-bond acceptors (Lipinski definition) is 2. The highest BCUT2D eigenvalue weighted by Crippen LogP contribution is 2.25. The number of benzene rings is 3. The smallest absolute Gasteiger partial charge is 0.240 e. The highest BCUT2D eigenvalue weighted by molar-refractivity contribution is 5.84. The van der Waals surface area contributed by atoms with E-state index in [0.29, 0.717) is 0 Å². The third kappa shape index (κ3) is 3.67. The van der Waals surface area contributed by atoms with Gasteiger partial charge in [0.15, 0.2) is 0 Å². The van der Waals surface area contributed by atoms with Crippen LogP contribution in [0.5, 0.6) is 0 Å². The van der Waals surface area contributed by atoms with E-state index in [1.807, 2.05) is 78.2 Å². The van der Waals surface area contributed by atoms with E-state index in [4.69, 9.17) is 4.98 Å². The number of carbonyl (C=O) groups excluding carboxylic acids is 1. The highest BCUT2D eigenvalue weighted by Gasteiger charge is 2.16. The van der Waals surface area contributed by atoms with Crippen molar-refractivity contribution >= 4 is 16.9 Å². The van der Waals surface area contributed by atoms with Crippen molar-refractivity contribution in [2.24, 2.45) is 0 Å². The molecule has 140 valence electrons. The van der Waals surface area contributed by atoms with E-state index in [-0.39, 0.29) is 18.5 Å². The van der Waals surface area contributed by atoms with Crippen molar-refractivity contribution < 1.29 is 4.79 Å². The summed E-state index contributed by atoms with van der Waals surface area (Å²) in [5.41, 5.74) is 5.12. The maximum atomic E-state index is 12.8. The van der Waals surface area contributed by atoms with Gasteiger partial charge in [-0.2, -0.15) is 0 Å². The van der Waals surface area contributed by atoms with Gasteiger partial charge in [-0.15, -0.1) is 0 Å². The highest BCUT2D eigenvalue weighted by atomic mass is 16.2. The topological polar surface area (TPSA) is 46.9 Å². The number of fused-ring (bicyclic) bond motifs is 1. The number of aromatic nitrogens is 2. The molecule has 4 nitrogen and oxygen atoms in total. The Balaban J connectivity index is 1.66. The van der Waals surface area contributed by atoms with Crippen LogP contribution < -0.4 is 5.32 Å². The second-order valence-electron chi connectivity index (χ2n) is 7.08. The van der Waals surface area contributed by atoms with Crippen LogP contribution in [0.2, 0.25) is 0 Å². The van der Waals surface area contributed by atoms with Crippen molar-refractivity contribution in [2.75, 3.05) is 0 Å². The van der Waals surface area contributed by atoms with Gasteiger partial charge in [0, 0.05) is 5.56 Å². The predicted molar refractivity (Wildman–Crippen MR) is 113 cm³/mol. The lowest BCUT2D eigenvalue weighted by Crippen LogP contribution is -2.30. The first-order valence-electron chi connectivity index (χ1n) is 9.48. The predicted octanol–water partition coefficient (Wildman–Crippen LogP) is 4.89. The molecule has 0 aliphatic rings. The quantitative estimate of drug-likeness (QED) is 0.544. The summed E-state index contributed by atoms with van der Waals surface area (Å²) in [5.74, 6) is 0.779. The molecule has 0 saturated carbocycles. The lowest BCUT2D eigenvalue weighted by molar-refractivity contribution is -0.122. The number of rotatable bonds is 5. The van der Waals surface area contributed by atoms with Crippen LogP contribution in [0.1, 0.15) is 24.1 Å². The number of carbonyl (C=O) groups is 1. The molecular formula is C24H23N3O. The van der Waals surface area contributed by atoms with Crippen LogP contribution in [0.4, 0.5) is 0 Å². The SMILES string of the molecule is Cc1cccc(-c2nc3ccccc3n2CC(=O)NC(C)c2ccccc2)c1. The Kier molecular flexibility index (Phi) is 4.94. The molecule has 4 heteroatoms. The van der Waals surface area contributed by atoms with Gasteiger partial charge in [-0.1, -0.05) is 66.2 Å². The van der Waals surface area contributed by atoms with Crippen LogP contribution in [0, 0.1) is 6.92 Å². The normalized spacial score (nSPS) is 12.1. The second kappa shape index (κ2) is 7.69. The zero-order valence-corrected chi connectivity index (χ0v) is 16.1. The van der Waals surface area contributed by atoms with Gasteiger partial charge in [0.25, 0.3) is 0 Å². The van der Waals surface area contributed by atoms with E-state index in [0.717, 1.165) is 28.0 Å². The molecular weight excluding hydrogens is 346 g/mol. The first-order chi connectivity index (χ1) is 13.6. The third-order valence-corrected chi connectivity index (χ3v) is 4.91. The molecule has 1 aromatic heterocycles. The summed E-state index contributed by atoms with van der Waals surface area (Å²) >= 11 is 0. The molecule has 1 atom stereocenters.